The zero-order chi connectivity index (χ0) is 16.8. The summed E-state index contributed by atoms with van der Waals surface area (Å²) in [7, 11) is 0.379. The number of hydrogen-bond donors (Lipinski definition) is 0. The van der Waals surface area contributed by atoms with E-state index in [-0.39, 0.29) is 5.91 Å². The summed E-state index contributed by atoms with van der Waals surface area (Å²) in [6.45, 7) is 3.17. The van der Waals surface area contributed by atoms with Crippen molar-refractivity contribution in [1.82, 2.24) is 23.9 Å². The van der Waals surface area contributed by atoms with Gasteiger partial charge in [0, 0.05) is 57.4 Å². The van der Waals surface area contributed by atoms with Gasteiger partial charge in [-0.1, -0.05) is 0 Å². The number of aryl methyl sites for hydroxylation is 1. The van der Waals surface area contributed by atoms with E-state index < -0.39 is 16.1 Å². The lowest BCUT2D eigenvalue weighted by molar-refractivity contribution is -0.137. The van der Waals surface area contributed by atoms with Crippen LogP contribution in [-0.4, -0.2) is 84.2 Å². The number of piperazine rings is 1. The smallest absolute Gasteiger partial charge is 0.245 e. The lowest BCUT2D eigenvalue weighted by Gasteiger charge is -2.39. The molecule has 0 N–H and O–H groups in total. The predicted octanol–water partition coefficient (Wildman–Crippen LogP) is -0.947. The molecule has 0 aliphatic carbocycles. The van der Waals surface area contributed by atoms with Crippen LogP contribution < -0.4 is 0 Å². The highest BCUT2D eigenvalue weighted by atomic mass is 32.2. The van der Waals surface area contributed by atoms with Crippen molar-refractivity contribution in [3.8, 4) is 0 Å². The Labute approximate surface area is 136 Å². The summed E-state index contributed by atoms with van der Waals surface area (Å²) in [6, 6.07) is -0.786. The molecule has 1 aromatic heterocycles. The Morgan fingerprint density at radius 2 is 1.83 bits per heavy atom. The zero-order valence-corrected chi connectivity index (χ0v) is 14.6. The number of amides is 1. The summed E-state index contributed by atoms with van der Waals surface area (Å²) in [6.07, 6.45) is 3.37. The van der Waals surface area contributed by atoms with Gasteiger partial charge in [-0.2, -0.15) is 9.40 Å². The molecular weight excluding hydrogens is 318 g/mol. The summed E-state index contributed by atoms with van der Waals surface area (Å²) in [5, 5.41) is 4.22. The highest BCUT2D eigenvalue weighted by molar-refractivity contribution is 7.88. The highest BCUT2D eigenvalue weighted by Crippen LogP contribution is 2.33. The van der Waals surface area contributed by atoms with Crippen LogP contribution in [0.3, 0.4) is 0 Å². The van der Waals surface area contributed by atoms with Crippen molar-refractivity contribution in [2.45, 2.75) is 12.5 Å². The SMILES string of the molecule is CN1CCN(C(=O)C2c3cnn(C)c3CCN2S(C)(=O)=O)CC1. The van der Waals surface area contributed by atoms with E-state index in [1.165, 1.54) is 10.6 Å². The maximum Gasteiger partial charge on any atom is 0.245 e. The highest BCUT2D eigenvalue weighted by Gasteiger charge is 2.41. The summed E-state index contributed by atoms with van der Waals surface area (Å²) in [5.74, 6) is -0.141. The van der Waals surface area contributed by atoms with Gasteiger partial charge < -0.3 is 9.80 Å². The van der Waals surface area contributed by atoms with Crippen LogP contribution in [0, 0.1) is 0 Å². The number of fused-ring (bicyclic) bond motifs is 1. The fourth-order valence-corrected chi connectivity index (χ4v) is 4.34. The van der Waals surface area contributed by atoms with E-state index >= 15 is 0 Å². The second-order valence-electron chi connectivity index (χ2n) is 6.33. The maximum absolute atomic E-state index is 13.1. The van der Waals surface area contributed by atoms with Gasteiger partial charge in [0.15, 0.2) is 0 Å². The van der Waals surface area contributed by atoms with E-state index in [1.807, 2.05) is 14.1 Å². The fourth-order valence-electron chi connectivity index (χ4n) is 3.33. The molecule has 3 rings (SSSR count). The minimum absolute atomic E-state index is 0.141. The van der Waals surface area contributed by atoms with Crippen LogP contribution >= 0.6 is 0 Å². The first-order chi connectivity index (χ1) is 10.8. The van der Waals surface area contributed by atoms with E-state index in [0.717, 1.165) is 18.8 Å². The quantitative estimate of drug-likeness (QED) is 0.693. The summed E-state index contributed by atoms with van der Waals surface area (Å²) < 4.78 is 27.4. The van der Waals surface area contributed by atoms with Crippen molar-refractivity contribution >= 4 is 15.9 Å². The van der Waals surface area contributed by atoms with Gasteiger partial charge in [0.05, 0.1) is 12.5 Å². The van der Waals surface area contributed by atoms with Crippen molar-refractivity contribution in [1.29, 1.82) is 0 Å². The van der Waals surface area contributed by atoms with Crippen LogP contribution in [-0.2, 0) is 28.3 Å². The standard InChI is InChI=1S/C14H23N5O3S/c1-16-6-8-18(9-7-16)14(20)13-11-10-15-17(2)12(11)4-5-19(13)23(3,21)22/h10,13H,4-9H2,1-3H3. The zero-order valence-electron chi connectivity index (χ0n) is 13.8. The minimum atomic E-state index is -3.46. The summed E-state index contributed by atoms with van der Waals surface area (Å²) in [4.78, 5) is 17.0. The molecule has 2 aliphatic heterocycles. The van der Waals surface area contributed by atoms with Gasteiger partial charge in [0.2, 0.25) is 15.9 Å². The molecule has 1 aromatic rings. The Balaban J connectivity index is 1.96. The number of aromatic nitrogens is 2. The molecule has 1 amide bonds. The number of carbonyl (C=O) groups excluding carboxylic acids is 1. The molecule has 1 unspecified atom stereocenters. The van der Waals surface area contributed by atoms with Crippen molar-refractivity contribution in [2.75, 3.05) is 46.0 Å². The number of rotatable bonds is 2. The van der Waals surface area contributed by atoms with Crippen LogP contribution in [0.15, 0.2) is 6.20 Å². The molecule has 0 saturated carbocycles. The molecule has 1 saturated heterocycles. The van der Waals surface area contributed by atoms with E-state index in [2.05, 4.69) is 10.00 Å². The van der Waals surface area contributed by atoms with Crippen molar-refractivity contribution in [2.24, 2.45) is 7.05 Å². The minimum Gasteiger partial charge on any atom is -0.338 e. The number of likely N-dealkylation sites (N-methyl/N-ethyl adjacent to an activating group) is 1. The van der Waals surface area contributed by atoms with Crippen LogP contribution in [0.1, 0.15) is 17.3 Å². The van der Waals surface area contributed by atoms with Gasteiger partial charge >= 0.3 is 0 Å². The maximum atomic E-state index is 13.1. The molecule has 23 heavy (non-hydrogen) atoms. The molecule has 0 bridgehead atoms. The second kappa shape index (κ2) is 5.88. The lowest BCUT2D eigenvalue weighted by Crippen LogP contribution is -2.53. The first kappa shape index (κ1) is 16.4. The average Bonchev–Trinajstić information content (AvgIpc) is 2.87. The number of hydrogen-bond acceptors (Lipinski definition) is 5. The molecule has 0 aromatic carbocycles. The van der Waals surface area contributed by atoms with Crippen molar-refractivity contribution in [3.05, 3.63) is 17.5 Å². The van der Waals surface area contributed by atoms with Crippen LogP contribution in [0.25, 0.3) is 0 Å². The van der Waals surface area contributed by atoms with Gasteiger partial charge in [0.1, 0.15) is 6.04 Å². The van der Waals surface area contributed by atoms with E-state index in [9.17, 15) is 13.2 Å². The molecule has 8 nitrogen and oxygen atoms in total. The third-order valence-electron chi connectivity index (χ3n) is 4.72. The first-order valence-electron chi connectivity index (χ1n) is 7.74. The Bertz CT molecular complexity index is 706. The largest absolute Gasteiger partial charge is 0.338 e. The Morgan fingerprint density at radius 3 is 2.43 bits per heavy atom. The Kier molecular flexibility index (Phi) is 4.19. The Morgan fingerprint density at radius 1 is 1.17 bits per heavy atom. The molecule has 1 fully saturated rings. The monoisotopic (exact) mass is 341 g/mol. The van der Waals surface area contributed by atoms with E-state index in [0.29, 0.717) is 31.6 Å². The van der Waals surface area contributed by atoms with Crippen LogP contribution in [0.5, 0.6) is 0 Å². The van der Waals surface area contributed by atoms with Crippen LogP contribution in [0.4, 0.5) is 0 Å². The third-order valence-corrected chi connectivity index (χ3v) is 5.97. The van der Waals surface area contributed by atoms with Gasteiger partial charge in [-0.05, 0) is 7.05 Å². The topological polar surface area (TPSA) is 78.8 Å². The van der Waals surface area contributed by atoms with Crippen molar-refractivity contribution in [3.63, 3.8) is 0 Å². The molecule has 3 heterocycles. The van der Waals surface area contributed by atoms with E-state index in [1.54, 1.807) is 15.8 Å². The number of carbonyl (C=O) groups is 1. The fraction of sp³-hybridized carbons (Fsp3) is 0.714. The molecule has 2 aliphatic rings. The molecule has 128 valence electrons. The van der Waals surface area contributed by atoms with Crippen LogP contribution in [0.2, 0.25) is 0 Å². The summed E-state index contributed by atoms with van der Waals surface area (Å²) >= 11 is 0. The number of sulfonamides is 1. The normalized spacial score (nSPS) is 23.8. The first-order valence-corrected chi connectivity index (χ1v) is 9.59. The van der Waals surface area contributed by atoms with Gasteiger partial charge in [-0.3, -0.25) is 9.48 Å². The predicted molar refractivity (Wildman–Crippen MR) is 85.3 cm³/mol. The Hall–Kier alpha value is -1.45. The van der Waals surface area contributed by atoms with E-state index in [4.69, 9.17) is 0 Å². The van der Waals surface area contributed by atoms with Gasteiger partial charge in [0.25, 0.3) is 0 Å². The molecule has 1 atom stereocenters. The molecule has 0 spiro atoms. The summed E-state index contributed by atoms with van der Waals surface area (Å²) in [5.41, 5.74) is 1.66. The molecule has 0 radical (unpaired) electrons. The average molecular weight is 341 g/mol. The molecular formula is C14H23N5O3S. The van der Waals surface area contributed by atoms with Gasteiger partial charge in [-0.15, -0.1) is 0 Å². The second-order valence-corrected chi connectivity index (χ2v) is 8.26. The molecule has 9 heteroatoms. The van der Waals surface area contributed by atoms with Crippen molar-refractivity contribution < 1.29 is 13.2 Å². The van der Waals surface area contributed by atoms with Gasteiger partial charge in [-0.25, -0.2) is 8.42 Å². The lowest BCUT2D eigenvalue weighted by atomic mass is 10.00. The third kappa shape index (κ3) is 3.00. The number of nitrogens with zero attached hydrogens (tertiary/aromatic N) is 5.